The van der Waals surface area contributed by atoms with Crippen molar-refractivity contribution < 1.29 is 29.0 Å². The summed E-state index contributed by atoms with van der Waals surface area (Å²) in [5.74, 6) is -1.16. The molecule has 1 atom stereocenters. The van der Waals surface area contributed by atoms with Crippen molar-refractivity contribution in [2.45, 2.75) is 18.9 Å². The van der Waals surface area contributed by atoms with Crippen LogP contribution in [0.15, 0.2) is 0 Å². The lowest BCUT2D eigenvalue weighted by atomic mass is 10.1. The minimum atomic E-state index is -1.16. The molecule has 0 unspecified atom stereocenters. The molecule has 0 rings (SSSR count). The summed E-state index contributed by atoms with van der Waals surface area (Å²) in [4.78, 5) is 32.3. The lowest BCUT2D eigenvalue weighted by Crippen LogP contribution is -2.41. The number of hydrogen-bond donors (Lipinski definition) is 3. The molecule has 0 aromatic carbocycles. The summed E-state index contributed by atoms with van der Waals surface area (Å²) in [7, 11) is 2.38. The number of carboxylic acids is 1. The van der Waals surface area contributed by atoms with E-state index in [0.717, 1.165) is 7.11 Å². The van der Waals surface area contributed by atoms with Gasteiger partial charge < -0.3 is 25.2 Å². The van der Waals surface area contributed by atoms with Gasteiger partial charge in [-0.1, -0.05) is 0 Å². The Hall–Kier alpha value is -1.99. The van der Waals surface area contributed by atoms with Crippen LogP contribution in [-0.4, -0.2) is 50.1 Å². The Morgan fingerprint density at radius 3 is 2.24 bits per heavy atom. The number of carbonyl (C=O) groups is 3. The summed E-state index contributed by atoms with van der Waals surface area (Å²) in [6.07, 6.45) is -0.832. The van der Waals surface area contributed by atoms with Crippen molar-refractivity contribution in [3.63, 3.8) is 0 Å². The fourth-order valence-corrected chi connectivity index (χ4v) is 1.03. The number of methoxy groups -OCH3 is 2. The predicted molar refractivity (Wildman–Crippen MR) is 56.6 cm³/mol. The van der Waals surface area contributed by atoms with Crippen LogP contribution < -0.4 is 10.6 Å². The topological polar surface area (TPSA) is 114 Å². The molecule has 0 aromatic heterocycles. The lowest BCUT2D eigenvalue weighted by Gasteiger charge is -2.13. The average molecular weight is 248 g/mol. The summed E-state index contributed by atoms with van der Waals surface area (Å²) >= 11 is 0. The number of ether oxygens (including phenoxy) is 2. The van der Waals surface area contributed by atoms with Crippen LogP contribution >= 0.6 is 0 Å². The third-order valence-corrected chi connectivity index (χ3v) is 1.90. The average Bonchev–Trinajstić information content (AvgIpc) is 2.31. The molecule has 98 valence electrons. The first-order chi connectivity index (χ1) is 8.01. The first-order valence-corrected chi connectivity index (χ1v) is 4.90. The molecule has 8 heteroatoms. The molecule has 0 aliphatic heterocycles. The molecular formula is C9H16N2O6. The monoisotopic (exact) mass is 248 g/mol. The van der Waals surface area contributed by atoms with Crippen molar-refractivity contribution in [2.75, 3.05) is 20.8 Å². The number of aliphatic carboxylic acids is 1. The molecule has 3 N–H and O–H groups in total. The maximum atomic E-state index is 10.8. The van der Waals surface area contributed by atoms with Crippen LogP contribution in [0.3, 0.4) is 0 Å². The highest BCUT2D eigenvalue weighted by Crippen LogP contribution is 1.97. The molecule has 2 amide bonds. The van der Waals surface area contributed by atoms with Crippen molar-refractivity contribution in [3.8, 4) is 0 Å². The van der Waals surface area contributed by atoms with Gasteiger partial charge in [0.15, 0.2) is 0 Å². The molecule has 0 aromatic rings. The van der Waals surface area contributed by atoms with E-state index in [2.05, 4.69) is 20.1 Å². The highest BCUT2D eigenvalue weighted by Gasteiger charge is 2.19. The maximum absolute atomic E-state index is 10.8. The zero-order chi connectivity index (χ0) is 13.3. The highest BCUT2D eigenvalue weighted by atomic mass is 16.5. The van der Waals surface area contributed by atoms with Crippen molar-refractivity contribution in [3.05, 3.63) is 0 Å². The first kappa shape index (κ1) is 15.0. The fourth-order valence-electron chi connectivity index (χ4n) is 1.03. The summed E-state index contributed by atoms with van der Waals surface area (Å²) in [6, 6.07) is -1.04. The van der Waals surface area contributed by atoms with Crippen LogP contribution in [0.4, 0.5) is 9.59 Å². The quantitative estimate of drug-likeness (QED) is 0.567. The zero-order valence-electron chi connectivity index (χ0n) is 9.69. The first-order valence-electron chi connectivity index (χ1n) is 4.90. The van der Waals surface area contributed by atoms with Gasteiger partial charge in [-0.05, 0) is 12.8 Å². The Morgan fingerprint density at radius 1 is 1.18 bits per heavy atom. The second kappa shape index (κ2) is 8.20. The Labute approximate surface area is 98.3 Å². The summed E-state index contributed by atoms with van der Waals surface area (Å²) < 4.78 is 8.62. The standard InChI is InChI=1S/C9H16N2O6/c1-16-8(14)10-5-3-4-6(7(12)13)11-9(15)17-2/h6H,3-5H2,1-2H3,(H,10,14)(H,11,15)(H,12,13)/t6-/m0/s1. The van der Waals surface area contributed by atoms with E-state index in [-0.39, 0.29) is 13.0 Å². The SMILES string of the molecule is COC(=O)NCCC[C@H](NC(=O)OC)C(=O)O. The van der Waals surface area contributed by atoms with Gasteiger partial charge in [0, 0.05) is 6.54 Å². The van der Waals surface area contributed by atoms with E-state index in [0.29, 0.717) is 6.42 Å². The van der Waals surface area contributed by atoms with Gasteiger partial charge in [0.1, 0.15) is 6.04 Å². The maximum Gasteiger partial charge on any atom is 0.407 e. The van der Waals surface area contributed by atoms with Crippen molar-refractivity contribution in [2.24, 2.45) is 0 Å². The fraction of sp³-hybridized carbons (Fsp3) is 0.667. The molecule has 0 aliphatic rings. The van der Waals surface area contributed by atoms with Crippen LogP contribution in [0, 0.1) is 0 Å². The largest absolute Gasteiger partial charge is 0.480 e. The molecule has 0 bridgehead atoms. The van der Waals surface area contributed by atoms with Crippen LogP contribution in [0.2, 0.25) is 0 Å². The van der Waals surface area contributed by atoms with E-state index in [1.165, 1.54) is 7.11 Å². The molecule has 0 aliphatic carbocycles. The molecule has 0 radical (unpaired) electrons. The number of carbonyl (C=O) groups excluding carboxylic acids is 2. The van der Waals surface area contributed by atoms with Gasteiger partial charge in [-0.15, -0.1) is 0 Å². The Morgan fingerprint density at radius 2 is 1.76 bits per heavy atom. The van der Waals surface area contributed by atoms with E-state index >= 15 is 0 Å². The van der Waals surface area contributed by atoms with Gasteiger partial charge in [0.05, 0.1) is 14.2 Å². The van der Waals surface area contributed by atoms with Gasteiger partial charge in [0.2, 0.25) is 0 Å². The van der Waals surface area contributed by atoms with E-state index in [9.17, 15) is 14.4 Å². The predicted octanol–water partition coefficient (Wildman–Crippen LogP) is -0.0682. The molecule has 0 heterocycles. The van der Waals surface area contributed by atoms with Gasteiger partial charge in [-0.2, -0.15) is 0 Å². The third-order valence-electron chi connectivity index (χ3n) is 1.90. The second-order valence-electron chi connectivity index (χ2n) is 3.09. The zero-order valence-corrected chi connectivity index (χ0v) is 9.69. The lowest BCUT2D eigenvalue weighted by molar-refractivity contribution is -0.139. The van der Waals surface area contributed by atoms with Crippen molar-refractivity contribution in [1.82, 2.24) is 10.6 Å². The van der Waals surface area contributed by atoms with Crippen LogP contribution in [0.25, 0.3) is 0 Å². The van der Waals surface area contributed by atoms with Gasteiger partial charge >= 0.3 is 18.2 Å². The van der Waals surface area contributed by atoms with Crippen LogP contribution in [0.1, 0.15) is 12.8 Å². The summed E-state index contributed by atoms with van der Waals surface area (Å²) in [6.45, 7) is 0.263. The second-order valence-corrected chi connectivity index (χ2v) is 3.09. The number of rotatable bonds is 6. The molecule has 0 fully saturated rings. The van der Waals surface area contributed by atoms with Gasteiger partial charge in [-0.25, -0.2) is 14.4 Å². The van der Waals surface area contributed by atoms with E-state index in [1.807, 2.05) is 0 Å². The van der Waals surface area contributed by atoms with E-state index in [4.69, 9.17) is 5.11 Å². The van der Waals surface area contributed by atoms with Crippen LogP contribution in [-0.2, 0) is 14.3 Å². The molecule has 8 nitrogen and oxygen atoms in total. The van der Waals surface area contributed by atoms with Gasteiger partial charge in [-0.3, -0.25) is 0 Å². The van der Waals surface area contributed by atoms with Crippen molar-refractivity contribution in [1.29, 1.82) is 0 Å². The minimum Gasteiger partial charge on any atom is -0.480 e. The number of hydrogen-bond acceptors (Lipinski definition) is 5. The molecule has 0 saturated carbocycles. The normalized spacial score (nSPS) is 11.2. The highest BCUT2D eigenvalue weighted by molar-refractivity contribution is 5.79. The van der Waals surface area contributed by atoms with Crippen LogP contribution in [0.5, 0.6) is 0 Å². The smallest absolute Gasteiger partial charge is 0.407 e. The number of nitrogens with one attached hydrogen (secondary N) is 2. The summed E-state index contributed by atoms with van der Waals surface area (Å²) in [5, 5.41) is 13.3. The van der Waals surface area contributed by atoms with E-state index in [1.54, 1.807) is 0 Å². The third kappa shape index (κ3) is 6.98. The van der Waals surface area contributed by atoms with Gasteiger partial charge in [0.25, 0.3) is 0 Å². The molecule has 17 heavy (non-hydrogen) atoms. The number of carboxylic acid groups (broad SMARTS) is 1. The summed E-state index contributed by atoms with van der Waals surface area (Å²) in [5.41, 5.74) is 0. The van der Waals surface area contributed by atoms with E-state index < -0.39 is 24.2 Å². The number of amides is 2. The van der Waals surface area contributed by atoms with Crippen molar-refractivity contribution >= 4 is 18.2 Å². The Balaban J connectivity index is 3.90. The number of alkyl carbamates (subject to hydrolysis) is 2. The Kier molecular flexibility index (Phi) is 7.24. The minimum absolute atomic E-state index is 0.175. The molecule has 0 spiro atoms. The Bertz CT molecular complexity index is 281. The molecule has 0 saturated heterocycles. The molecular weight excluding hydrogens is 232 g/mol.